The first kappa shape index (κ1) is 19.5. The van der Waals surface area contributed by atoms with Crippen LogP contribution < -0.4 is 5.32 Å². The third-order valence-corrected chi connectivity index (χ3v) is 6.02. The Kier molecular flexibility index (Phi) is 5.08. The highest BCUT2D eigenvalue weighted by Gasteiger charge is 2.27. The molecule has 0 aromatic carbocycles. The summed E-state index contributed by atoms with van der Waals surface area (Å²) in [7, 11) is 0. The van der Waals surface area contributed by atoms with E-state index in [1.165, 1.54) is 0 Å². The van der Waals surface area contributed by atoms with Crippen LogP contribution in [0, 0.1) is 6.92 Å². The highest BCUT2D eigenvalue weighted by Crippen LogP contribution is 2.32. The van der Waals surface area contributed by atoms with Crippen LogP contribution in [0.3, 0.4) is 0 Å². The number of amides is 1. The van der Waals surface area contributed by atoms with E-state index in [-0.39, 0.29) is 11.9 Å². The minimum atomic E-state index is -0.423. The lowest BCUT2D eigenvalue weighted by Gasteiger charge is -2.11. The maximum absolute atomic E-state index is 13.3. The molecule has 8 nitrogen and oxygen atoms in total. The van der Waals surface area contributed by atoms with E-state index in [9.17, 15) is 9.59 Å². The molecular formula is C20H23N5O3S. The minimum Gasteiger partial charge on any atom is -0.462 e. The molecule has 9 heteroatoms. The van der Waals surface area contributed by atoms with Crippen LogP contribution in [-0.4, -0.2) is 38.2 Å². The van der Waals surface area contributed by atoms with Crippen LogP contribution in [0.25, 0.3) is 11.0 Å². The zero-order chi connectivity index (χ0) is 20.7. The molecule has 4 rings (SSSR count). The molecule has 1 aliphatic carbocycles. The monoisotopic (exact) mass is 413 g/mol. The van der Waals surface area contributed by atoms with E-state index in [1.807, 2.05) is 18.5 Å². The van der Waals surface area contributed by atoms with Crippen molar-refractivity contribution in [2.24, 2.45) is 0 Å². The number of aromatic nitrogens is 4. The van der Waals surface area contributed by atoms with E-state index in [2.05, 4.69) is 15.4 Å². The van der Waals surface area contributed by atoms with Crippen LogP contribution in [0.2, 0.25) is 0 Å². The van der Waals surface area contributed by atoms with E-state index < -0.39 is 5.97 Å². The molecule has 0 bridgehead atoms. The zero-order valence-corrected chi connectivity index (χ0v) is 17.7. The van der Waals surface area contributed by atoms with Crippen LogP contribution in [-0.2, 0) is 17.6 Å². The quantitative estimate of drug-likeness (QED) is 0.641. The largest absolute Gasteiger partial charge is 0.462 e. The Morgan fingerprint density at radius 2 is 2.10 bits per heavy atom. The van der Waals surface area contributed by atoms with Gasteiger partial charge in [-0.25, -0.2) is 19.4 Å². The van der Waals surface area contributed by atoms with Gasteiger partial charge in [-0.15, -0.1) is 0 Å². The molecule has 0 saturated heterocycles. The van der Waals surface area contributed by atoms with Crippen LogP contribution in [0.15, 0.2) is 6.20 Å². The molecule has 3 aromatic rings. The lowest BCUT2D eigenvalue weighted by Crippen LogP contribution is -2.16. The van der Waals surface area contributed by atoms with Gasteiger partial charge in [0.25, 0.3) is 5.91 Å². The number of esters is 1. The summed E-state index contributed by atoms with van der Waals surface area (Å²) in [6.07, 6.45) is 4.37. The standard InChI is InChI=1S/C20H23N5O3S/c1-5-28-19(27)16-11(4)22-20(29-16)24-18(26)15-12-7-6-8-14(12)23-17-13(15)9-21-25(17)10(2)3/h9-10H,5-8H2,1-4H3,(H,22,24,26). The number of pyridine rings is 1. The van der Waals surface area contributed by atoms with Crippen molar-refractivity contribution in [2.45, 2.75) is 53.0 Å². The first-order valence-corrected chi connectivity index (χ1v) is 10.6. The van der Waals surface area contributed by atoms with Gasteiger partial charge < -0.3 is 4.74 Å². The summed E-state index contributed by atoms with van der Waals surface area (Å²) in [5, 5.41) is 8.44. The second kappa shape index (κ2) is 7.55. The third kappa shape index (κ3) is 3.39. The molecule has 1 amide bonds. The maximum atomic E-state index is 13.3. The Morgan fingerprint density at radius 1 is 1.31 bits per heavy atom. The number of rotatable bonds is 5. The highest BCUT2D eigenvalue weighted by molar-refractivity contribution is 7.17. The van der Waals surface area contributed by atoms with E-state index >= 15 is 0 Å². The third-order valence-electron chi connectivity index (χ3n) is 4.96. The van der Waals surface area contributed by atoms with E-state index in [0.29, 0.717) is 27.9 Å². The fraction of sp³-hybridized carbons (Fsp3) is 0.450. The number of thiazole rings is 1. The molecule has 0 radical (unpaired) electrons. The summed E-state index contributed by atoms with van der Waals surface area (Å²) < 4.78 is 6.90. The molecule has 0 spiro atoms. The van der Waals surface area contributed by atoms with Crippen molar-refractivity contribution in [3.63, 3.8) is 0 Å². The van der Waals surface area contributed by atoms with Gasteiger partial charge in [0, 0.05) is 11.7 Å². The second-order valence-corrected chi connectivity index (χ2v) is 8.29. The number of hydrogen-bond acceptors (Lipinski definition) is 7. The molecule has 0 fully saturated rings. The zero-order valence-electron chi connectivity index (χ0n) is 16.9. The Hall–Kier alpha value is -2.81. The van der Waals surface area contributed by atoms with Crippen LogP contribution in [0.4, 0.5) is 5.13 Å². The van der Waals surface area contributed by atoms with Crippen molar-refractivity contribution in [3.8, 4) is 0 Å². The lowest BCUT2D eigenvalue weighted by molar-refractivity contribution is 0.0531. The molecule has 3 heterocycles. The number of aryl methyl sites for hydroxylation is 2. The van der Waals surface area contributed by atoms with Crippen molar-refractivity contribution in [1.29, 1.82) is 0 Å². The topological polar surface area (TPSA) is 99.0 Å². The molecule has 29 heavy (non-hydrogen) atoms. The Balaban J connectivity index is 1.73. The van der Waals surface area contributed by atoms with Gasteiger partial charge in [0.05, 0.1) is 29.4 Å². The SMILES string of the molecule is CCOC(=O)c1sc(NC(=O)c2c3c(nc4c2cnn4C(C)C)CCC3)nc1C. The summed E-state index contributed by atoms with van der Waals surface area (Å²) in [5.41, 5.74) is 3.83. The lowest BCUT2D eigenvalue weighted by atomic mass is 10.0. The molecule has 3 aromatic heterocycles. The van der Waals surface area contributed by atoms with Crippen molar-refractivity contribution in [3.05, 3.63) is 33.6 Å². The van der Waals surface area contributed by atoms with Crippen molar-refractivity contribution < 1.29 is 14.3 Å². The number of carbonyl (C=O) groups is 2. The molecule has 0 atom stereocenters. The van der Waals surface area contributed by atoms with Crippen LogP contribution in [0.1, 0.15) is 70.2 Å². The summed E-state index contributed by atoms with van der Waals surface area (Å²) in [4.78, 5) is 34.8. The summed E-state index contributed by atoms with van der Waals surface area (Å²) in [6, 6.07) is 0.143. The Morgan fingerprint density at radius 3 is 2.83 bits per heavy atom. The van der Waals surface area contributed by atoms with Crippen molar-refractivity contribution in [2.75, 3.05) is 11.9 Å². The van der Waals surface area contributed by atoms with Crippen molar-refractivity contribution in [1.82, 2.24) is 19.7 Å². The Bertz CT molecular complexity index is 1120. The smallest absolute Gasteiger partial charge is 0.350 e. The van der Waals surface area contributed by atoms with Crippen LogP contribution in [0.5, 0.6) is 0 Å². The van der Waals surface area contributed by atoms with Gasteiger partial charge in [0.1, 0.15) is 4.88 Å². The second-order valence-electron chi connectivity index (χ2n) is 7.29. The Labute approximate surface area is 172 Å². The number of nitrogens with zero attached hydrogens (tertiary/aromatic N) is 4. The molecule has 0 unspecified atom stereocenters. The summed E-state index contributed by atoms with van der Waals surface area (Å²) in [6.45, 7) is 7.85. The number of fused-ring (bicyclic) bond motifs is 2. The first-order chi connectivity index (χ1) is 13.9. The van der Waals surface area contributed by atoms with Gasteiger partial charge in [0.15, 0.2) is 10.8 Å². The predicted octanol–water partition coefficient (Wildman–Crippen LogP) is 3.69. The predicted molar refractivity (Wildman–Crippen MR) is 111 cm³/mol. The fourth-order valence-electron chi connectivity index (χ4n) is 3.69. The van der Waals surface area contributed by atoms with Gasteiger partial charge >= 0.3 is 5.97 Å². The number of ether oxygens (including phenoxy) is 1. The normalized spacial score (nSPS) is 13.1. The number of nitrogens with one attached hydrogen (secondary N) is 1. The number of anilines is 1. The van der Waals surface area contributed by atoms with E-state index in [1.54, 1.807) is 20.0 Å². The molecule has 1 N–H and O–H groups in total. The average molecular weight is 414 g/mol. The molecular weight excluding hydrogens is 390 g/mol. The van der Waals surface area contributed by atoms with Crippen molar-refractivity contribution >= 4 is 39.4 Å². The fourth-order valence-corrected chi connectivity index (χ4v) is 4.54. The molecule has 0 aliphatic heterocycles. The average Bonchev–Trinajstić information content (AvgIpc) is 3.37. The van der Waals surface area contributed by atoms with Gasteiger partial charge in [-0.1, -0.05) is 11.3 Å². The maximum Gasteiger partial charge on any atom is 0.350 e. The van der Waals surface area contributed by atoms with Gasteiger partial charge in [-0.05, 0) is 52.5 Å². The first-order valence-electron chi connectivity index (χ1n) is 9.75. The van der Waals surface area contributed by atoms with E-state index in [4.69, 9.17) is 9.72 Å². The van der Waals surface area contributed by atoms with E-state index in [0.717, 1.165) is 52.9 Å². The van der Waals surface area contributed by atoms with Gasteiger partial charge in [-0.2, -0.15) is 5.10 Å². The summed E-state index contributed by atoms with van der Waals surface area (Å²) in [5.74, 6) is -0.670. The van der Waals surface area contributed by atoms with Crippen LogP contribution >= 0.6 is 11.3 Å². The number of hydrogen-bond donors (Lipinski definition) is 1. The molecule has 0 saturated carbocycles. The molecule has 152 valence electrons. The minimum absolute atomic E-state index is 0.143. The highest BCUT2D eigenvalue weighted by atomic mass is 32.1. The summed E-state index contributed by atoms with van der Waals surface area (Å²) >= 11 is 1.13. The molecule has 1 aliphatic rings. The number of carbonyl (C=O) groups excluding carboxylic acids is 2. The van der Waals surface area contributed by atoms with Gasteiger partial charge in [0.2, 0.25) is 0 Å². The van der Waals surface area contributed by atoms with Gasteiger partial charge in [-0.3, -0.25) is 10.1 Å².